The topological polar surface area (TPSA) is 101 Å². The number of nitriles is 1. The predicted octanol–water partition coefficient (Wildman–Crippen LogP) is 4.73. The number of carbonyl (C=O) groups excluding carboxylic acids is 1. The summed E-state index contributed by atoms with van der Waals surface area (Å²) >= 11 is 0. The highest BCUT2D eigenvalue weighted by Crippen LogP contribution is 2.36. The highest BCUT2D eigenvalue weighted by Gasteiger charge is 2.25. The van der Waals surface area contributed by atoms with Gasteiger partial charge in [-0.05, 0) is 43.6 Å². The maximum absolute atomic E-state index is 14.8. The molecule has 5 rings (SSSR count). The minimum Gasteiger partial charge on any atom is -0.319 e. The summed E-state index contributed by atoms with van der Waals surface area (Å²) in [7, 11) is 0. The van der Waals surface area contributed by atoms with Gasteiger partial charge in [0.15, 0.2) is 5.65 Å². The molecule has 4 aromatic rings. The lowest BCUT2D eigenvalue weighted by molar-refractivity contribution is 0.102. The fourth-order valence-corrected chi connectivity index (χ4v) is 4.66. The molecule has 0 aliphatic heterocycles. The van der Waals surface area contributed by atoms with Crippen LogP contribution in [0.15, 0.2) is 36.9 Å². The summed E-state index contributed by atoms with van der Waals surface area (Å²) in [5, 5.41) is 21.1. The Morgan fingerprint density at radius 2 is 2.00 bits per heavy atom. The van der Waals surface area contributed by atoms with E-state index in [2.05, 4.69) is 34.3 Å². The Balaban J connectivity index is 1.37. The summed E-state index contributed by atoms with van der Waals surface area (Å²) < 4.78 is 18.1. The molecule has 0 unspecified atom stereocenters. The van der Waals surface area contributed by atoms with E-state index in [0.717, 1.165) is 24.1 Å². The van der Waals surface area contributed by atoms with E-state index in [-0.39, 0.29) is 16.9 Å². The summed E-state index contributed by atoms with van der Waals surface area (Å²) in [6.07, 6.45) is 10.6. The van der Waals surface area contributed by atoms with Crippen LogP contribution in [0.3, 0.4) is 0 Å². The van der Waals surface area contributed by atoms with Gasteiger partial charge in [-0.2, -0.15) is 15.5 Å². The van der Waals surface area contributed by atoms with Crippen LogP contribution in [0.4, 0.5) is 10.1 Å². The number of anilines is 1. The fourth-order valence-electron chi connectivity index (χ4n) is 4.66. The first-order chi connectivity index (χ1) is 15.9. The quantitative estimate of drug-likeness (QED) is 0.489. The molecule has 33 heavy (non-hydrogen) atoms. The molecule has 1 N–H and O–H groups in total. The molecule has 1 aliphatic rings. The van der Waals surface area contributed by atoms with Crippen LogP contribution in [0.5, 0.6) is 0 Å². The predicted molar refractivity (Wildman–Crippen MR) is 121 cm³/mol. The molecule has 0 radical (unpaired) electrons. The van der Waals surface area contributed by atoms with E-state index in [1.807, 2.05) is 16.9 Å². The normalized spacial score (nSPS) is 18.6. The minimum atomic E-state index is -0.555. The van der Waals surface area contributed by atoms with Gasteiger partial charge in [0.1, 0.15) is 17.4 Å². The second-order valence-corrected chi connectivity index (χ2v) is 9.05. The van der Waals surface area contributed by atoms with Crippen molar-refractivity contribution in [1.82, 2.24) is 24.4 Å². The van der Waals surface area contributed by atoms with Crippen molar-refractivity contribution < 1.29 is 9.18 Å². The molecule has 1 aromatic carbocycles. The molecule has 1 fully saturated rings. The van der Waals surface area contributed by atoms with Gasteiger partial charge in [-0.1, -0.05) is 13.8 Å². The van der Waals surface area contributed by atoms with Crippen molar-refractivity contribution in [2.24, 2.45) is 11.8 Å². The number of nitrogens with zero attached hydrogens (tertiary/aromatic N) is 6. The number of amides is 1. The van der Waals surface area contributed by atoms with Crippen LogP contribution in [0, 0.1) is 29.0 Å². The summed E-state index contributed by atoms with van der Waals surface area (Å²) in [5.74, 6) is 0.367. The zero-order chi connectivity index (χ0) is 23.1. The van der Waals surface area contributed by atoms with E-state index >= 15 is 0 Å². The van der Waals surface area contributed by atoms with Gasteiger partial charge in [0.25, 0.3) is 5.91 Å². The lowest BCUT2D eigenvalue weighted by atomic mass is 9.80. The van der Waals surface area contributed by atoms with Crippen molar-refractivity contribution in [3.8, 4) is 6.07 Å². The second-order valence-electron chi connectivity index (χ2n) is 9.05. The number of benzene rings is 1. The van der Waals surface area contributed by atoms with Crippen LogP contribution >= 0.6 is 0 Å². The van der Waals surface area contributed by atoms with Crippen LogP contribution in [0.25, 0.3) is 16.6 Å². The number of halogens is 1. The number of rotatable bonds is 4. The molecule has 1 aliphatic carbocycles. The van der Waals surface area contributed by atoms with Crippen molar-refractivity contribution in [1.29, 1.82) is 5.26 Å². The van der Waals surface area contributed by atoms with Gasteiger partial charge >= 0.3 is 0 Å². The fraction of sp³-hybridized carbons (Fsp3) is 0.375. The van der Waals surface area contributed by atoms with Crippen LogP contribution < -0.4 is 5.32 Å². The largest absolute Gasteiger partial charge is 0.319 e. The molecule has 168 valence electrons. The number of carbonyl (C=O) groups is 1. The first-order valence-corrected chi connectivity index (χ1v) is 11.2. The van der Waals surface area contributed by atoms with Crippen molar-refractivity contribution >= 4 is 28.1 Å². The molecular weight excluding hydrogens is 421 g/mol. The Morgan fingerprint density at radius 1 is 1.21 bits per heavy atom. The number of fused-ring (bicyclic) bond motifs is 2. The van der Waals surface area contributed by atoms with E-state index < -0.39 is 11.7 Å². The maximum Gasteiger partial charge on any atom is 0.261 e. The lowest BCUT2D eigenvalue weighted by Gasteiger charge is -2.30. The summed E-state index contributed by atoms with van der Waals surface area (Å²) in [6.45, 7) is 4.55. The molecule has 0 spiro atoms. The Bertz CT molecular complexity index is 1390. The standard InChI is InChI=1S/C24H24FN7O/c1-14(2)16-3-5-18(6-4-16)31-13-17-7-22(20(25)8-21(17)30-31)29-24(33)19-11-28-32-12-15(9-26)10-27-23(19)32/h7-8,10-14,16,18H,3-6H2,1-2H3,(H,29,33)/t16-,18-. The SMILES string of the molecule is CC(C)[C@H]1CC[C@H](n2cc3cc(NC(=O)c4cnn5cc(C#N)cnc45)c(F)cc3n2)CC1. The molecule has 0 atom stereocenters. The van der Waals surface area contributed by atoms with E-state index in [1.165, 1.54) is 42.0 Å². The number of aromatic nitrogens is 5. The van der Waals surface area contributed by atoms with Gasteiger partial charge in [-0.15, -0.1) is 0 Å². The monoisotopic (exact) mass is 445 g/mol. The maximum atomic E-state index is 14.8. The molecular formula is C24H24FN7O. The third-order valence-electron chi connectivity index (χ3n) is 6.65. The first kappa shape index (κ1) is 21.1. The Kier molecular flexibility index (Phi) is 5.29. The zero-order valence-electron chi connectivity index (χ0n) is 18.5. The van der Waals surface area contributed by atoms with E-state index in [0.29, 0.717) is 23.0 Å². The van der Waals surface area contributed by atoms with Crippen LogP contribution in [0.2, 0.25) is 0 Å². The average Bonchev–Trinajstić information content (AvgIpc) is 3.42. The Hall–Kier alpha value is -3.80. The molecule has 3 aromatic heterocycles. The van der Waals surface area contributed by atoms with Gasteiger partial charge < -0.3 is 5.32 Å². The number of hydrogen-bond donors (Lipinski definition) is 1. The molecule has 1 amide bonds. The van der Waals surface area contributed by atoms with Crippen LogP contribution in [-0.4, -0.2) is 30.3 Å². The third-order valence-corrected chi connectivity index (χ3v) is 6.65. The zero-order valence-corrected chi connectivity index (χ0v) is 18.5. The Labute approximate surface area is 190 Å². The van der Waals surface area contributed by atoms with Gasteiger partial charge in [0, 0.05) is 23.8 Å². The van der Waals surface area contributed by atoms with Gasteiger partial charge in [0.2, 0.25) is 0 Å². The molecule has 1 saturated carbocycles. The summed E-state index contributed by atoms with van der Waals surface area (Å²) in [6, 6.07) is 5.26. The third kappa shape index (κ3) is 3.93. The summed E-state index contributed by atoms with van der Waals surface area (Å²) in [4.78, 5) is 16.9. The van der Waals surface area contributed by atoms with Gasteiger partial charge in [-0.3, -0.25) is 9.48 Å². The van der Waals surface area contributed by atoms with Gasteiger partial charge in [0.05, 0.1) is 35.2 Å². The van der Waals surface area contributed by atoms with E-state index in [4.69, 9.17) is 5.26 Å². The molecule has 8 nitrogen and oxygen atoms in total. The molecule has 0 saturated heterocycles. The van der Waals surface area contributed by atoms with E-state index in [1.54, 1.807) is 6.07 Å². The average molecular weight is 446 g/mol. The van der Waals surface area contributed by atoms with Crippen molar-refractivity contribution in [2.75, 3.05) is 5.32 Å². The Morgan fingerprint density at radius 3 is 2.73 bits per heavy atom. The van der Waals surface area contributed by atoms with E-state index in [9.17, 15) is 9.18 Å². The highest BCUT2D eigenvalue weighted by atomic mass is 19.1. The van der Waals surface area contributed by atoms with Gasteiger partial charge in [-0.25, -0.2) is 13.9 Å². The van der Waals surface area contributed by atoms with Crippen molar-refractivity contribution in [3.63, 3.8) is 0 Å². The number of hydrogen-bond acceptors (Lipinski definition) is 5. The highest BCUT2D eigenvalue weighted by molar-refractivity contribution is 6.08. The number of nitrogens with one attached hydrogen (secondary N) is 1. The summed E-state index contributed by atoms with van der Waals surface area (Å²) in [5.41, 5.74) is 1.44. The lowest BCUT2D eigenvalue weighted by Crippen LogP contribution is -2.21. The molecule has 0 bridgehead atoms. The van der Waals surface area contributed by atoms with Crippen molar-refractivity contribution in [3.05, 3.63) is 53.9 Å². The second kappa shape index (κ2) is 8.28. The molecule has 9 heteroatoms. The smallest absolute Gasteiger partial charge is 0.261 e. The van der Waals surface area contributed by atoms with Crippen LogP contribution in [-0.2, 0) is 0 Å². The minimum absolute atomic E-state index is 0.0727. The van der Waals surface area contributed by atoms with Crippen LogP contribution in [0.1, 0.15) is 61.5 Å². The first-order valence-electron chi connectivity index (χ1n) is 11.2. The van der Waals surface area contributed by atoms with Crippen molar-refractivity contribution in [2.45, 2.75) is 45.6 Å². The molecule has 3 heterocycles.